The third kappa shape index (κ3) is 2.83. The van der Waals surface area contributed by atoms with Gasteiger partial charge in [-0.2, -0.15) is 0 Å². The van der Waals surface area contributed by atoms with Crippen molar-refractivity contribution in [1.82, 2.24) is 0 Å². The second kappa shape index (κ2) is 5.53. The van der Waals surface area contributed by atoms with Gasteiger partial charge in [0, 0.05) is 13.7 Å². The highest BCUT2D eigenvalue weighted by molar-refractivity contribution is 14.1. The number of thioether (sulfide) groups is 1. The van der Waals surface area contributed by atoms with Crippen molar-refractivity contribution >= 4 is 34.4 Å². The fraction of sp³-hybridized carbons (Fsp3) is 0.200. The number of fused-ring (bicyclic) bond motifs is 1. The maximum atomic E-state index is 5.85. The quantitative estimate of drug-likeness (QED) is 0.744. The van der Waals surface area contributed by atoms with Gasteiger partial charge in [0.2, 0.25) is 0 Å². The molecule has 92 valence electrons. The van der Waals surface area contributed by atoms with E-state index in [0.29, 0.717) is 5.25 Å². The zero-order valence-corrected chi connectivity index (χ0v) is 12.8. The highest BCUT2D eigenvalue weighted by atomic mass is 127. The van der Waals surface area contributed by atoms with Crippen LogP contribution >= 0.6 is 34.4 Å². The largest absolute Gasteiger partial charge is 0.492 e. The molecule has 2 aromatic rings. The molecule has 0 saturated heterocycles. The molecule has 0 fully saturated rings. The van der Waals surface area contributed by atoms with E-state index in [1.807, 2.05) is 23.9 Å². The Morgan fingerprint density at radius 2 is 1.89 bits per heavy atom. The first-order valence-electron chi connectivity index (χ1n) is 5.94. The fourth-order valence-electron chi connectivity index (χ4n) is 2.07. The summed E-state index contributed by atoms with van der Waals surface area (Å²) in [6.45, 7) is 0.778. The molecule has 3 heteroatoms. The van der Waals surface area contributed by atoms with Gasteiger partial charge in [-0.1, -0.05) is 18.2 Å². The topological polar surface area (TPSA) is 9.23 Å². The van der Waals surface area contributed by atoms with Gasteiger partial charge in [0.25, 0.3) is 0 Å². The summed E-state index contributed by atoms with van der Waals surface area (Å²) in [6.07, 6.45) is 1.12. The number of rotatable bonds is 3. The van der Waals surface area contributed by atoms with Crippen LogP contribution in [0.2, 0.25) is 0 Å². The van der Waals surface area contributed by atoms with Crippen molar-refractivity contribution in [3.8, 4) is 5.75 Å². The Bertz CT molecular complexity index is 513. The number of benzene rings is 2. The highest BCUT2D eigenvalue weighted by Crippen LogP contribution is 2.36. The standard InChI is InChI=1S/C15H13IOS/c16-12-5-7-13(8-6-12)17-10-14-9-11-3-1-2-4-15(11)18-14/h1-8,14H,9-10H2. The highest BCUT2D eigenvalue weighted by Gasteiger charge is 2.22. The molecular formula is C15H13IOS. The summed E-state index contributed by atoms with van der Waals surface area (Å²) in [4.78, 5) is 1.41. The third-order valence-corrected chi connectivity index (χ3v) is 4.97. The van der Waals surface area contributed by atoms with Crippen molar-refractivity contribution in [3.63, 3.8) is 0 Å². The lowest BCUT2D eigenvalue weighted by molar-refractivity contribution is 0.317. The molecule has 1 aliphatic rings. The lowest BCUT2D eigenvalue weighted by Crippen LogP contribution is -2.13. The molecule has 2 aromatic carbocycles. The Morgan fingerprint density at radius 1 is 1.11 bits per heavy atom. The van der Waals surface area contributed by atoms with E-state index in [1.54, 1.807) is 0 Å². The summed E-state index contributed by atoms with van der Waals surface area (Å²) in [5.74, 6) is 0.965. The molecule has 3 rings (SSSR count). The van der Waals surface area contributed by atoms with E-state index in [1.165, 1.54) is 14.0 Å². The summed E-state index contributed by atoms with van der Waals surface area (Å²) >= 11 is 4.24. The van der Waals surface area contributed by atoms with E-state index in [4.69, 9.17) is 4.74 Å². The molecule has 18 heavy (non-hydrogen) atoms. The Labute approximate surface area is 125 Å². The van der Waals surface area contributed by atoms with Crippen LogP contribution in [0.3, 0.4) is 0 Å². The van der Waals surface area contributed by atoms with Crippen LogP contribution in [0.25, 0.3) is 0 Å². The SMILES string of the molecule is Ic1ccc(OCC2Cc3ccccc3S2)cc1. The van der Waals surface area contributed by atoms with Gasteiger partial charge in [0.05, 0.1) is 0 Å². The first-order chi connectivity index (χ1) is 8.81. The summed E-state index contributed by atoms with van der Waals surface area (Å²) < 4.78 is 7.09. The normalized spacial score (nSPS) is 17.5. The van der Waals surface area contributed by atoms with Crippen LogP contribution < -0.4 is 4.74 Å². The zero-order valence-electron chi connectivity index (χ0n) is 9.80. The molecule has 0 bridgehead atoms. The minimum absolute atomic E-state index is 0.543. The molecular weight excluding hydrogens is 355 g/mol. The maximum Gasteiger partial charge on any atom is 0.119 e. The van der Waals surface area contributed by atoms with E-state index in [-0.39, 0.29) is 0 Å². The molecule has 1 atom stereocenters. The third-order valence-electron chi connectivity index (χ3n) is 2.96. The lowest BCUT2D eigenvalue weighted by Gasteiger charge is -2.10. The Kier molecular flexibility index (Phi) is 3.80. The number of ether oxygens (including phenoxy) is 1. The summed E-state index contributed by atoms with van der Waals surface area (Å²) in [6, 6.07) is 16.9. The second-order valence-corrected chi connectivity index (χ2v) is 6.90. The lowest BCUT2D eigenvalue weighted by atomic mass is 10.1. The Balaban J connectivity index is 1.58. The van der Waals surface area contributed by atoms with Gasteiger partial charge in [-0.05, 0) is 64.9 Å². The van der Waals surface area contributed by atoms with Gasteiger partial charge in [-0.15, -0.1) is 11.8 Å². The molecule has 1 unspecified atom stereocenters. The smallest absolute Gasteiger partial charge is 0.119 e. The van der Waals surface area contributed by atoms with Crippen molar-refractivity contribution in [2.45, 2.75) is 16.6 Å². The molecule has 0 aromatic heterocycles. The van der Waals surface area contributed by atoms with Gasteiger partial charge in [-0.25, -0.2) is 0 Å². The van der Waals surface area contributed by atoms with Crippen molar-refractivity contribution in [2.75, 3.05) is 6.61 Å². The van der Waals surface area contributed by atoms with Crippen LogP contribution in [0.15, 0.2) is 53.4 Å². The maximum absolute atomic E-state index is 5.85. The van der Waals surface area contributed by atoms with E-state index in [0.717, 1.165) is 18.8 Å². The summed E-state index contributed by atoms with van der Waals surface area (Å²) in [5.41, 5.74) is 1.46. The van der Waals surface area contributed by atoms with Gasteiger partial charge in [0.15, 0.2) is 0 Å². The van der Waals surface area contributed by atoms with Crippen LogP contribution in [0, 0.1) is 3.57 Å². The first-order valence-corrected chi connectivity index (χ1v) is 7.90. The van der Waals surface area contributed by atoms with Crippen molar-refractivity contribution < 1.29 is 4.74 Å². The molecule has 1 heterocycles. The first kappa shape index (κ1) is 12.4. The van der Waals surface area contributed by atoms with Crippen molar-refractivity contribution in [3.05, 3.63) is 57.7 Å². The molecule has 0 spiro atoms. The zero-order chi connectivity index (χ0) is 12.4. The van der Waals surface area contributed by atoms with E-state index in [9.17, 15) is 0 Å². The molecule has 0 aliphatic carbocycles. The monoisotopic (exact) mass is 368 g/mol. The number of hydrogen-bond acceptors (Lipinski definition) is 2. The van der Waals surface area contributed by atoms with Crippen LogP contribution in [-0.2, 0) is 6.42 Å². The van der Waals surface area contributed by atoms with Crippen LogP contribution in [0.1, 0.15) is 5.56 Å². The van der Waals surface area contributed by atoms with Crippen molar-refractivity contribution in [2.24, 2.45) is 0 Å². The van der Waals surface area contributed by atoms with Gasteiger partial charge >= 0.3 is 0 Å². The van der Waals surface area contributed by atoms with E-state index < -0.39 is 0 Å². The molecule has 0 radical (unpaired) electrons. The average Bonchev–Trinajstić information content (AvgIpc) is 2.81. The molecule has 0 saturated carbocycles. The summed E-state index contributed by atoms with van der Waals surface area (Å²) in [5, 5.41) is 0.543. The molecule has 1 aliphatic heterocycles. The molecule has 0 N–H and O–H groups in total. The van der Waals surface area contributed by atoms with E-state index in [2.05, 4.69) is 59.0 Å². The Morgan fingerprint density at radius 3 is 2.67 bits per heavy atom. The average molecular weight is 368 g/mol. The summed E-state index contributed by atoms with van der Waals surface area (Å²) in [7, 11) is 0. The van der Waals surface area contributed by atoms with Gasteiger partial charge < -0.3 is 4.74 Å². The predicted molar refractivity (Wildman–Crippen MR) is 84.4 cm³/mol. The number of halogens is 1. The van der Waals surface area contributed by atoms with Crippen LogP contribution in [0.4, 0.5) is 0 Å². The minimum atomic E-state index is 0.543. The van der Waals surface area contributed by atoms with Gasteiger partial charge in [0.1, 0.15) is 12.4 Å². The van der Waals surface area contributed by atoms with Crippen molar-refractivity contribution in [1.29, 1.82) is 0 Å². The molecule has 1 nitrogen and oxygen atoms in total. The Hall–Kier alpha value is -0.680. The fourth-order valence-corrected chi connectivity index (χ4v) is 3.64. The van der Waals surface area contributed by atoms with Crippen LogP contribution in [-0.4, -0.2) is 11.9 Å². The van der Waals surface area contributed by atoms with E-state index >= 15 is 0 Å². The second-order valence-electron chi connectivity index (χ2n) is 4.32. The predicted octanol–water partition coefficient (Wildman–Crippen LogP) is 4.39. The molecule has 0 amide bonds. The minimum Gasteiger partial charge on any atom is -0.492 e. The number of hydrogen-bond donors (Lipinski definition) is 0. The van der Waals surface area contributed by atoms with Crippen LogP contribution in [0.5, 0.6) is 5.75 Å². The van der Waals surface area contributed by atoms with Gasteiger partial charge in [-0.3, -0.25) is 0 Å².